The molecule has 0 aromatic heterocycles. The normalized spacial score (nSPS) is 18.6. The molecule has 1 unspecified atom stereocenters. The molecule has 1 atom stereocenters. The van der Waals surface area contributed by atoms with Crippen molar-refractivity contribution in [3.05, 3.63) is 33.9 Å². The molecular formula is C11H13N3O4. The summed E-state index contributed by atoms with van der Waals surface area (Å²) in [6.45, 7) is 1.13. The fraction of sp³-hybridized carbons (Fsp3) is 0.364. The first-order valence-electron chi connectivity index (χ1n) is 5.50. The van der Waals surface area contributed by atoms with Crippen LogP contribution < -0.4 is 11.1 Å². The summed E-state index contributed by atoms with van der Waals surface area (Å²) in [5.41, 5.74) is 5.62. The average Bonchev–Trinajstić information content (AvgIpc) is 2.81. The quantitative estimate of drug-likeness (QED) is 0.467. The number of hydrogen-bond donors (Lipinski definition) is 2. The molecule has 0 spiro atoms. The Labute approximate surface area is 103 Å². The van der Waals surface area contributed by atoms with E-state index in [1.807, 2.05) is 0 Å². The van der Waals surface area contributed by atoms with E-state index in [9.17, 15) is 14.9 Å². The second kappa shape index (κ2) is 5.01. The van der Waals surface area contributed by atoms with Gasteiger partial charge in [-0.15, -0.1) is 0 Å². The van der Waals surface area contributed by atoms with E-state index in [1.165, 1.54) is 18.2 Å². The monoisotopic (exact) mass is 251 g/mol. The number of nitrogens with one attached hydrogen (secondary N) is 1. The number of rotatable bonds is 3. The Morgan fingerprint density at radius 3 is 2.89 bits per heavy atom. The van der Waals surface area contributed by atoms with Crippen LogP contribution in [0.15, 0.2) is 18.2 Å². The third-order valence-electron chi connectivity index (χ3n) is 2.75. The smallest absolute Gasteiger partial charge is 0.292 e. The van der Waals surface area contributed by atoms with Gasteiger partial charge in [-0.25, -0.2) is 0 Å². The van der Waals surface area contributed by atoms with E-state index < -0.39 is 4.92 Å². The van der Waals surface area contributed by atoms with Gasteiger partial charge in [-0.2, -0.15) is 0 Å². The van der Waals surface area contributed by atoms with E-state index in [4.69, 9.17) is 10.5 Å². The zero-order valence-corrected chi connectivity index (χ0v) is 9.59. The Bertz CT molecular complexity index is 483. The number of amides is 1. The number of nitrogen functional groups attached to an aromatic ring is 1. The molecule has 0 radical (unpaired) electrons. The molecule has 0 bridgehead atoms. The van der Waals surface area contributed by atoms with Gasteiger partial charge in [-0.05, 0) is 18.6 Å². The Kier molecular flexibility index (Phi) is 3.42. The molecule has 1 heterocycles. The van der Waals surface area contributed by atoms with Gasteiger partial charge in [-0.1, -0.05) is 0 Å². The fourth-order valence-corrected chi connectivity index (χ4v) is 1.78. The van der Waals surface area contributed by atoms with Gasteiger partial charge < -0.3 is 15.8 Å². The van der Waals surface area contributed by atoms with Crippen molar-refractivity contribution >= 4 is 17.3 Å². The zero-order chi connectivity index (χ0) is 13.1. The van der Waals surface area contributed by atoms with Crippen LogP contribution in [0, 0.1) is 10.1 Å². The number of ether oxygens (including phenoxy) is 1. The first-order valence-corrected chi connectivity index (χ1v) is 5.50. The summed E-state index contributed by atoms with van der Waals surface area (Å²) < 4.78 is 5.14. The number of nitro groups is 1. The SMILES string of the molecule is Nc1cc(C(=O)NC2CCOC2)ccc1[N+](=O)[O-]. The number of hydrogen-bond acceptors (Lipinski definition) is 5. The molecule has 0 saturated carbocycles. The summed E-state index contributed by atoms with van der Waals surface area (Å²) in [7, 11) is 0. The second-order valence-electron chi connectivity index (χ2n) is 4.06. The van der Waals surface area contributed by atoms with Crippen molar-refractivity contribution in [3.8, 4) is 0 Å². The van der Waals surface area contributed by atoms with E-state index >= 15 is 0 Å². The van der Waals surface area contributed by atoms with Crippen LogP contribution in [-0.4, -0.2) is 30.1 Å². The molecule has 3 N–H and O–H groups in total. The van der Waals surface area contributed by atoms with E-state index in [2.05, 4.69) is 5.32 Å². The lowest BCUT2D eigenvalue weighted by Gasteiger charge is -2.10. The number of nitrogens with two attached hydrogens (primary N) is 1. The van der Waals surface area contributed by atoms with Crippen molar-refractivity contribution in [2.75, 3.05) is 18.9 Å². The molecule has 1 amide bonds. The molecule has 1 aromatic rings. The first-order chi connectivity index (χ1) is 8.58. The van der Waals surface area contributed by atoms with E-state index in [0.29, 0.717) is 18.8 Å². The number of carbonyl (C=O) groups is 1. The largest absolute Gasteiger partial charge is 0.393 e. The van der Waals surface area contributed by atoms with Crippen LogP contribution in [-0.2, 0) is 4.74 Å². The van der Waals surface area contributed by atoms with Crippen molar-refractivity contribution in [1.82, 2.24) is 5.32 Å². The molecule has 1 fully saturated rings. The zero-order valence-electron chi connectivity index (χ0n) is 9.59. The Morgan fingerprint density at radius 2 is 2.33 bits per heavy atom. The number of nitro benzene ring substituents is 1. The van der Waals surface area contributed by atoms with Crippen LogP contribution in [0.4, 0.5) is 11.4 Å². The molecule has 7 nitrogen and oxygen atoms in total. The molecule has 1 aliphatic rings. The van der Waals surface area contributed by atoms with Gasteiger partial charge in [0, 0.05) is 18.2 Å². The Morgan fingerprint density at radius 1 is 1.56 bits per heavy atom. The van der Waals surface area contributed by atoms with Crippen molar-refractivity contribution in [2.45, 2.75) is 12.5 Å². The summed E-state index contributed by atoms with van der Waals surface area (Å²) in [5, 5.41) is 13.4. The first kappa shape index (κ1) is 12.3. The lowest BCUT2D eigenvalue weighted by Crippen LogP contribution is -2.35. The van der Waals surface area contributed by atoms with E-state index in [-0.39, 0.29) is 23.3 Å². The second-order valence-corrected chi connectivity index (χ2v) is 4.06. The molecule has 7 heteroatoms. The summed E-state index contributed by atoms with van der Waals surface area (Å²) in [4.78, 5) is 21.9. The number of benzene rings is 1. The average molecular weight is 251 g/mol. The number of anilines is 1. The van der Waals surface area contributed by atoms with Gasteiger partial charge in [0.25, 0.3) is 11.6 Å². The van der Waals surface area contributed by atoms with Crippen LogP contribution in [0.1, 0.15) is 16.8 Å². The van der Waals surface area contributed by atoms with E-state index in [0.717, 1.165) is 6.42 Å². The summed E-state index contributed by atoms with van der Waals surface area (Å²) in [6.07, 6.45) is 0.772. The van der Waals surface area contributed by atoms with Crippen molar-refractivity contribution < 1.29 is 14.5 Å². The highest BCUT2D eigenvalue weighted by Crippen LogP contribution is 2.22. The molecular weight excluding hydrogens is 238 g/mol. The summed E-state index contributed by atoms with van der Waals surface area (Å²) >= 11 is 0. The van der Waals surface area contributed by atoms with Crippen LogP contribution in [0.3, 0.4) is 0 Å². The van der Waals surface area contributed by atoms with Gasteiger partial charge in [0.1, 0.15) is 5.69 Å². The van der Waals surface area contributed by atoms with Crippen LogP contribution >= 0.6 is 0 Å². The maximum Gasteiger partial charge on any atom is 0.292 e. The van der Waals surface area contributed by atoms with Crippen molar-refractivity contribution in [1.29, 1.82) is 0 Å². The lowest BCUT2D eigenvalue weighted by atomic mass is 10.1. The molecule has 96 valence electrons. The topological polar surface area (TPSA) is 107 Å². The standard InChI is InChI=1S/C11H13N3O4/c12-9-5-7(1-2-10(9)14(16)17)11(15)13-8-3-4-18-6-8/h1-2,5,8H,3-4,6,12H2,(H,13,15). The van der Waals surface area contributed by atoms with Gasteiger partial charge in [0.15, 0.2) is 0 Å². The highest BCUT2D eigenvalue weighted by Gasteiger charge is 2.20. The van der Waals surface area contributed by atoms with Gasteiger partial charge in [0.2, 0.25) is 0 Å². The Balaban J connectivity index is 2.10. The predicted octanol–water partition coefficient (Wildman–Crippen LogP) is 0.696. The Hall–Kier alpha value is -2.15. The van der Waals surface area contributed by atoms with Crippen molar-refractivity contribution in [3.63, 3.8) is 0 Å². The number of nitrogens with zero attached hydrogens (tertiary/aromatic N) is 1. The minimum Gasteiger partial charge on any atom is -0.393 e. The molecule has 0 aliphatic carbocycles. The third kappa shape index (κ3) is 2.57. The highest BCUT2D eigenvalue weighted by molar-refractivity contribution is 5.95. The highest BCUT2D eigenvalue weighted by atomic mass is 16.6. The summed E-state index contributed by atoms with van der Waals surface area (Å²) in [6, 6.07) is 3.92. The predicted molar refractivity (Wildman–Crippen MR) is 64.2 cm³/mol. The maximum atomic E-state index is 11.8. The minimum absolute atomic E-state index is 0.00563. The van der Waals surface area contributed by atoms with E-state index in [1.54, 1.807) is 0 Å². The maximum absolute atomic E-state index is 11.8. The van der Waals surface area contributed by atoms with Crippen molar-refractivity contribution in [2.24, 2.45) is 0 Å². The minimum atomic E-state index is -0.582. The van der Waals surface area contributed by atoms with Gasteiger partial charge in [0.05, 0.1) is 17.6 Å². The van der Waals surface area contributed by atoms with Crippen LogP contribution in [0.2, 0.25) is 0 Å². The van der Waals surface area contributed by atoms with Crippen LogP contribution in [0.5, 0.6) is 0 Å². The molecule has 1 aromatic carbocycles. The molecule has 2 rings (SSSR count). The summed E-state index contributed by atoms with van der Waals surface area (Å²) in [5.74, 6) is -0.299. The fourth-order valence-electron chi connectivity index (χ4n) is 1.78. The van der Waals surface area contributed by atoms with Crippen LogP contribution in [0.25, 0.3) is 0 Å². The van der Waals surface area contributed by atoms with Gasteiger partial charge in [-0.3, -0.25) is 14.9 Å². The molecule has 1 saturated heterocycles. The molecule has 18 heavy (non-hydrogen) atoms. The lowest BCUT2D eigenvalue weighted by molar-refractivity contribution is -0.383. The number of carbonyl (C=O) groups excluding carboxylic acids is 1. The molecule has 1 aliphatic heterocycles. The third-order valence-corrected chi connectivity index (χ3v) is 2.75. The van der Waals surface area contributed by atoms with Gasteiger partial charge >= 0.3 is 0 Å².